The molecular weight excluding hydrogens is 246 g/mol. The van der Waals surface area contributed by atoms with Crippen molar-refractivity contribution in [2.75, 3.05) is 38.7 Å². The number of nitrogens with zero attached hydrogens (tertiary/aromatic N) is 5. The summed E-state index contributed by atoms with van der Waals surface area (Å²) in [4.78, 5) is 16.2. The van der Waals surface area contributed by atoms with E-state index in [4.69, 9.17) is 11.5 Å². The van der Waals surface area contributed by atoms with Crippen LogP contribution in [0.5, 0.6) is 0 Å². The SMILES string of the molecule is CN(C)CC1CC(O)CN1Cc1nc(N)nc(N)n1. The first-order chi connectivity index (χ1) is 8.94. The minimum absolute atomic E-state index is 0.131. The van der Waals surface area contributed by atoms with Crippen LogP contribution in [0.2, 0.25) is 0 Å². The maximum atomic E-state index is 9.81. The Balaban J connectivity index is 2.07. The molecule has 2 unspecified atom stereocenters. The van der Waals surface area contributed by atoms with E-state index in [1.54, 1.807) is 0 Å². The minimum atomic E-state index is -0.304. The summed E-state index contributed by atoms with van der Waals surface area (Å²) in [6.45, 7) is 2.02. The molecule has 1 aliphatic rings. The van der Waals surface area contributed by atoms with Gasteiger partial charge in [-0.3, -0.25) is 4.90 Å². The Morgan fingerprint density at radius 2 is 1.89 bits per heavy atom. The van der Waals surface area contributed by atoms with Crippen LogP contribution in [0.4, 0.5) is 11.9 Å². The highest BCUT2D eigenvalue weighted by Crippen LogP contribution is 2.20. The zero-order valence-electron chi connectivity index (χ0n) is 11.3. The van der Waals surface area contributed by atoms with Crippen molar-refractivity contribution in [3.05, 3.63) is 5.82 Å². The molecule has 2 atom stereocenters. The van der Waals surface area contributed by atoms with Gasteiger partial charge in [-0.1, -0.05) is 0 Å². The third kappa shape index (κ3) is 3.72. The van der Waals surface area contributed by atoms with Crippen LogP contribution in [0.3, 0.4) is 0 Å². The average Bonchev–Trinajstić information content (AvgIpc) is 2.56. The summed E-state index contributed by atoms with van der Waals surface area (Å²) >= 11 is 0. The molecule has 1 saturated heterocycles. The van der Waals surface area contributed by atoms with Crippen molar-refractivity contribution in [3.8, 4) is 0 Å². The fourth-order valence-electron chi connectivity index (χ4n) is 2.47. The van der Waals surface area contributed by atoms with Crippen LogP contribution in [0, 0.1) is 0 Å². The number of aliphatic hydroxyl groups excluding tert-OH is 1. The van der Waals surface area contributed by atoms with Crippen LogP contribution < -0.4 is 11.5 Å². The van der Waals surface area contributed by atoms with E-state index in [0.29, 0.717) is 18.9 Å². The zero-order valence-corrected chi connectivity index (χ0v) is 11.3. The second kappa shape index (κ2) is 5.64. The molecule has 0 saturated carbocycles. The molecule has 0 spiro atoms. The molecule has 1 aromatic heterocycles. The second-order valence-electron chi connectivity index (χ2n) is 5.20. The Bertz CT molecular complexity index is 419. The summed E-state index contributed by atoms with van der Waals surface area (Å²) in [6.07, 6.45) is 0.454. The number of anilines is 2. The Labute approximate surface area is 112 Å². The number of hydrogen-bond acceptors (Lipinski definition) is 8. The van der Waals surface area contributed by atoms with Gasteiger partial charge in [0.25, 0.3) is 0 Å². The summed E-state index contributed by atoms with van der Waals surface area (Å²) < 4.78 is 0. The van der Waals surface area contributed by atoms with Crippen molar-refractivity contribution in [1.82, 2.24) is 24.8 Å². The van der Waals surface area contributed by atoms with E-state index >= 15 is 0 Å². The fourth-order valence-corrected chi connectivity index (χ4v) is 2.47. The monoisotopic (exact) mass is 267 g/mol. The van der Waals surface area contributed by atoms with Gasteiger partial charge in [-0.2, -0.15) is 15.0 Å². The molecule has 2 heterocycles. The van der Waals surface area contributed by atoms with E-state index < -0.39 is 0 Å². The van der Waals surface area contributed by atoms with Gasteiger partial charge in [0.2, 0.25) is 11.9 Å². The van der Waals surface area contributed by atoms with Crippen LogP contribution in [0.25, 0.3) is 0 Å². The molecule has 8 heteroatoms. The van der Waals surface area contributed by atoms with Crippen molar-refractivity contribution in [2.24, 2.45) is 0 Å². The third-order valence-electron chi connectivity index (χ3n) is 3.14. The highest BCUT2D eigenvalue weighted by atomic mass is 16.3. The number of rotatable bonds is 4. The van der Waals surface area contributed by atoms with Crippen molar-refractivity contribution in [1.29, 1.82) is 0 Å². The van der Waals surface area contributed by atoms with E-state index in [1.807, 2.05) is 14.1 Å². The minimum Gasteiger partial charge on any atom is -0.392 e. The van der Waals surface area contributed by atoms with E-state index in [9.17, 15) is 5.11 Å². The van der Waals surface area contributed by atoms with Crippen LogP contribution >= 0.6 is 0 Å². The maximum Gasteiger partial charge on any atom is 0.225 e. The van der Waals surface area contributed by atoms with E-state index in [0.717, 1.165) is 13.0 Å². The highest BCUT2D eigenvalue weighted by molar-refractivity contribution is 5.25. The molecule has 0 aliphatic carbocycles. The number of nitrogens with two attached hydrogens (primary N) is 2. The first-order valence-corrected chi connectivity index (χ1v) is 6.27. The summed E-state index contributed by atoms with van der Waals surface area (Å²) in [5.41, 5.74) is 11.1. The third-order valence-corrected chi connectivity index (χ3v) is 3.14. The van der Waals surface area contributed by atoms with Gasteiger partial charge in [-0.05, 0) is 20.5 Å². The Kier molecular flexibility index (Phi) is 4.13. The average molecular weight is 267 g/mol. The molecule has 5 N–H and O–H groups in total. The van der Waals surface area contributed by atoms with Crippen LogP contribution in [-0.4, -0.2) is 69.2 Å². The van der Waals surface area contributed by atoms with Gasteiger partial charge < -0.3 is 21.5 Å². The van der Waals surface area contributed by atoms with Gasteiger partial charge >= 0.3 is 0 Å². The highest BCUT2D eigenvalue weighted by Gasteiger charge is 2.31. The number of likely N-dealkylation sites (N-methyl/N-ethyl adjacent to an activating group) is 1. The normalized spacial score (nSPS) is 24.2. The number of aliphatic hydroxyl groups is 1. The van der Waals surface area contributed by atoms with Gasteiger partial charge in [0.15, 0.2) is 0 Å². The van der Waals surface area contributed by atoms with Crippen molar-refractivity contribution in [2.45, 2.75) is 25.1 Å². The predicted octanol–water partition coefficient (Wildman–Crippen LogP) is -1.47. The number of hydrogen-bond donors (Lipinski definition) is 3. The lowest BCUT2D eigenvalue weighted by atomic mass is 10.2. The summed E-state index contributed by atoms with van der Waals surface area (Å²) in [6, 6.07) is 0.282. The predicted molar refractivity (Wildman–Crippen MR) is 72.0 cm³/mol. The molecule has 2 rings (SSSR count). The molecule has 1 aromatic rings. The van der Waals surface area contributed by atoms with Crippen molar-refractivity contribution in [3.63, 3.8) is 0 Å². The smallest absolute Gasteiger partial charge is 0.225 e. The van der Waals surface area contributed by atoms with Gasteiger partial charge in [0.1, 0.15) is 5.82 Å². The summed E-state index contributed by atoms with van der Waals surface area (Å²) in [7, 11) is 4.03. The lowest BCUT2D eigenvalue weighted by Gasteiger charge is -2.25. The fraction of sp³-hybridized carbons (Fsp3) is 0.727. The second-order valence-corrected chi connectivity index (χ2v) is 5.20. The molecule has 0 amide bonds. The van der Waals surface area contributed by atoms with Gasteiger partial charge in [-0.15, -0.1) is 0 Å². The first-order valence-electron chi connectivity index (χ1n) is 6.27. The molecule has 0 aromatic carbocycles. The molecule has 19 heavy (non-hydrogen) atoms. The first kappa shape index (κ1) is 13.9. The molecule has 106 valence electrons. The molecule has 1 aliphatic heterocycles. The quantitative estimate of drug-likeness (QED) is 0.605. The Hall–Kier alpha value is -1.51. The van der Waals surface area contributed by atoms with Crippen molar-refractivity contribution < 1.29 is 5.11 Å². The van der Waals surface area contributed by atoms with Gasteiger partial charge in [0.05, 0.1) is 12.6 Å². The Morgan fingerprint density at radius 3 is 2.47 bits per heavy atom. The standard InChI is InChI=1S/C11H21N7O/c1-17(2)4-7-3-8(19)5-18(7)6-9-14-10(12)16-11(13)15-9/h7-8,19H,3-6H2,1-2H3,(H4,12,13,14,15,16). The maximum absolute atomic E-state index is 9.81. The molecule has 8 nitrogen and oxygen atoms in total. The van der Waals surface area contributed by atoms with Crippen LogP contribution in [-0.2, 0) is 6.54 Å². The molecule has 0 bridgehead atoms. The van der Waals surface area contributed by atoms with Crippen LogP contribution in [0.1, 0.15) is 12.2 Å². The lowest BCUT2D eigenvalue weighted by Crippen LogP contribution is -2.37. The van der Waals surface area contributed by atoms with E-state index in [1.165, 1.54) is 0 Å². The van der Waals surface area contributed by atoms with Crippen LogP contribution in [0.15, 0.2) is 0 Å². The zero-order chi connectivity index (χ0) is 14.0. The number of likely N-dealkylation sites (tertiary alicyclic amines) is 1. The Morgan fingerprint density at radius 1 is 1.26 bits per heavy atom. The molecule has 1 fully saturated rings. The number of β-amino-alcohol motifs (C(OH)–C–C–N with tert-alkyl or cyclic N) is 1. The lowest BCUT2D eigenvalue weighted by molar-refractivity contribution is 0.167. The summed E-state index contributed by atoms with van der Waals surface area (Å²) in [5.74, 6) is 0.806. The molecular formula is C11H21N7O. The van der Waals surface area contributed by atoms with Crippen molar-refractivity contribution >= 4 is 11.9 Å². The number of aromatic nitrogens is 3. The van der Waals surface area contributed by atoms with E-state index in [-0.39, 0.29) is 24.0 Å². The van der Waals surface area contributed by atoms with Gasteiger partial charge in [0, 0.05) is 19.1 Å². The number of nitrogen functional groups attached to an aromatic ring is 2. The summed E-state index contributed by atoms with van der Waals surface area (Å²) in [5, 5.41) is 9.81. The molecule has 0 radical (unpaired) electrons. The van der Waals surface area contributed by atoms with E-state index in [2.05, 4.69) is 24.8 Å². The largest absolute Gasteiger partial charge is 0.392 e. The van der Waals surface area contributed by atoms with Gasteiger partial charge in [-0.25, -0.2) is 0 Å². The topological polar surface area (TPSA) is 117 Å².